The summed E-state index contributed by atoms with van der Waals surface area (Å²) < 4.78 is 33.2. The number of hydrogen-bond donors (Lipinski definition) is 1. The van der Waals surface area contributed by atoms with E-state index in [9.17, 15) is 13.0 Å². The second-order valence-electron chi connectivity index (χ2n) is 8.07. The number of hydrogen-bond acceptors (Lipinski definition) is 4. The van der Waals surface area contributed by atoms with Gasteiger partial charge in [-0.25, -0.2) is 8.42 Å². The first-order valence-electron chi connectivity index (χ1n) is 11.6. The third-order valence-electron chi connectivity index (χ3n) is 5.49. The Labute approximate surface area is 197 Å². The summed E-state index contributed by atoms with van der Waals surface area (Å²) in [6.45, 7) is 2.03. The van der Waals surface area contributed by atoms with E-state index in [0.29, 0.717) is 6.42 Å². The van der Waals surface area contributed by atoms with Crippen molar-refractivity contribution in [1.82, 2.24) is 0 Å². The van der Waals surface area contributed by atoms with Crippen LogP contribution in [0.5, 0.6) is 0 Å². The van der Waals surface area contributed by atoms with E-state index in [4.69, 9.17) is 5.11 Å². The standard InChI is InChI=1S/C22H46O4S.Na/c1-2-3-4-5-6-7-8-9-10-11-12-13-14-15-16-17-18-19-22(20-21-23)27(24,25)26;/h22-23H,2-21H2,1H3,(H,24,25,26);/q;+1/p-1. The maximum absolute atomic E-state index is 11.1. The fourth-order valence-electron chi connectivity index (χ4n) is 3.67. The molecule has 0 spiro atoms. The third kappa shape index (κ3) is 21.6. The Kier molecular flexibility index (Phi) is 25.0. The predicted octanol–water partition coefficient (Wildman–Crippen LogP) is 3.33. The van der Waals surface area contributed by atoms with E-state index in [2.05, 4.69) is 6.92 Å². The molecule has 6 heteroatoms. The first-order chi connectivity index (χ1) is 13.0. The first-order valence-corrected chi connectivity index (χ1v) is 13.0. The molecule has 164 valence electrons. The van der Waals surface area contributed by atoms with Crippen molar-refractivity contribution in [2.75, 3.05) is 6.61 Å². The van der Waals surface area contributed by atoms with E-state index in [0.717, 1.165) is 19.3 Å². The zero-order valence-corrected chi connectivity index (χ0v) is 21.6. The molecule has 0 amide bonds. The zero-order valence-electron chi connectivity index (χ0n) is 18.8. The zero-order chi connectivity index (χ0) is 20.2. The van der Waals surface area contributed by atoms with E-state index >= 15 is 0 Å². The van der Waals surface area contributed by atoms with Crippen molar-refractivity contribution in [2.24, 2.45) is 0 Å². The molecule has 0 aromatic heterocycles. The van der Waals surface area contributed by atoms with E-state index in [1.165, 1.54) is 89.9 Å². The summed E-state index contributed by atoms with van der Waals surface area (Å²) in [4.78, 5) is 0. The number of aliphatic hydroxyl groups excluding tert-OH is 1. The van der Waals surface area contributed by atoms with Gasteiger partial charge < -0.3 is 9.66 Å². The molecule has 1 atom stereocenters. The topological polar surface area (TPSA) is 77.4 Å². The molecule has 4 nitrogen and oxygen atoms in total. The minimum atomic E-state index is -4.26. The summed E-state index contributed by atoms with van der Waals surface area (Å²) in [7, 11) is -4.26. The number of rotatable bonds is 21. The van der Waals surface area contributed by atoms with E-state index in [1.807, 2.05) is 0 Å². The van der Waals surface area contributed by atoms with Gasteiger partial charge in [0, 0.05) is 6.61 Å². The third-order valence-corrected chi connectivity index (χ3v) is 6.78. The summed E-state index contributed by atoms with van der Waals surface area (Å²) in [5.74, 6) is 0. The Balaban J connectivity index is 0. The quantitative estimate of drug-likeness (QED) is 0.173. The van der Waals surface area contributed by atoms with Crippen LogP contribution in [0, 0.1) is 0 Å². The second-order valence-corrected chi connectivity index (χ2v) is 9.72. The molecule has 0 aliphatic carbocycles. The molecule has 1 unspecified atom stereocenters. The van der Waals surface area contributed by atoms with Crippen LogP contribution in [-0.2, 0) is 10.1 Å². The van der Waals surface area contributed by atoms with Gasteiger partial charge >= 0.3 is 29.6 Å². The maximum atomic E-state index is 11.1. The minimum Gasteiger partial charge on any atom is -0.748 e. The monoisotopic (exact) mass is 428 g/mol. The van der Waals surface area contributed by atoms with Gasteiger partial charge in [0.05, 0.1) is 15.4 Å². The molecule has 0 radical (unpaired) electrons. The van der Waals surface area contributed by atoms with E-state index < -0.39 is 15.4 Å². The fourth-order valence-corrected chi connectivity index (χ4v) is 4.52. The van der Waals surface area contributed by atoms with Crippen LogP contribution >= 0.6 is 0 Å². The normalized spacial score (nSPS) is 12.7. The van der Waals surface area contributed by atoms with Crippen LogP contribution in [0.1, 0.15) is 129 Å². The SMILES string of the molecule is CCCCCCCCCCCCCCCCCCCC(CCO)S(=O)(=O)[O-].[Na+]. The number of unbranched alkanes of at least 4 members (excludes halogenated alkanes) is 16. The van der Waals surface area contributed by atoms with Crippen LogP contribution in [-0.4, -0.2) is 29.9 Å². The predicted molar refractivity (Wildman–Crippen MR) is 114 cm³/mol. The van der Waals surface area contributed by atoms with Crippen molar-refractivity contribution in [1.29, 1.82) is 0 Å². The van der Waals surface area contributed by atoms with Crippen molar-refractivity contribution in [3.05, 3.63) is 0 Å². The summed E-state index contributed by atoms with van der Waals surface area (Å²) in [6.07, 6.45) is 22.4. The van der Waals surface area contributed by atoms with Crippen LogP contribution in [0.4, 0.5) is 0 Å². The molecule has 1 N–H and O–H groups in total. The molecule has 0 saturated carbocycles. The van der Waals surface area contributed by atoms with Crippen molar-refractivity contribution < 1.29 is 47.6 Å². The molecule has 0 rings (SSSR count). The van der Waals surface area contributed by atoms with Gasteiger partial charge in [-0.3, -0.25) is 0 Å². The van der Waals surface area contributed by atoms with Gasteiger partial charge in [-0.05, 0) is 12.8 Å². The molecule has 0 aromatic carbocycles. The van der Waals surface area contributed by atoms with Crippen LogP contribution < -0.4 is 29.6 Å². The van der Waals surface area contributed by atoms with Gasteiger partial charge in [-0.1, -0.05) is 116 Å². The summed E-state index contributed by atoms with van der Waals surface area (Å²) in [6, 6.07) is 0. The largest absolute Gasteiger partial charge is 1.00 e. The van der Waals surface area contributed by atoms with Crippen LogP contribution in [0.15, 0.2) is 0 Å². The van der Waals surface area contributed by atoms with Crippen LogP contribution in [0.3, 0.4) is 0 Å². The van der Waals surface area contributed by atoms with Crippen LogP contribution in [0.2, 0.25) is 0 Å². The molecule has 0 fully saturated rings. The molecular weight excluding hydrogens is 383 g/mol. The summed E-state index contributed by atoms with van der Waals surface area (Å²) in [5, 5.41) is 7.94. The molecule has 28 heavy (non-hydrogen) atoms. The Morgan fingerprint density at radius 2 is 0.964 bits per heavy atom. The number of aliphatic hydroxyl groups is 1. The van der Waals surface area contributed by atoms with E-state index in [-0.39, 0.29) is 42.6 Å². The van der Waals surface area contributed by atoms with E-state index in [1.54, 1.807) is 0 Å². The van der Waals surface area contributed by atoms with Crippen molar-refractivity contribution in [3.63, 3.8) is 0 Å². The van der Waals surface area contributed by atoms with Crippen molar-refractivity contribution >= 4 is 10.1 Å². The molecule has 0 aliphatic rings. The Hall–Kier alpha value is 0.870. The second kappa shape index (κ2) is 22.6. The molecule has 0 aliphatic heterocycles. The van der Waals surface area contributed by atoms with Gasteiger partial charge in [0.15, 0.2) is 0 Å². The molecule has 0 heterocycles. The molecule has 0 bridgehead atoms. The molecule has 0 saturated heterocycles. The van der Waals surface area contributed by atoms with Gasteiger partial charge in [0.25, 0.3) is 0 Å². The maximum Gasteiger partial charge on any atom is 1.00 e. The van der Waals surface area contributed by atoms with Crippen LogP contribution in [0.25, 0.3) is 0 Å². The smallest absolute Gasteiger partial charge is 0.748 e. The molecular formula is C22H45NaO4S. The molecule has 0 aromatic rings. The van der Waals surface area contributed by atoms with Gasteiger partial charge in [0.2, 0.25) is 0 Å². The van der Waals surface area contributed by atoms with Crippen molar-refractivity contribution in [3.8, 4) is 0 Å². The average Bonchev–Trinajstić information content (AvgIpc) is 2.62. The Bertz CT molecular complexity index is 401. The Morgan fingerprint density at radius 3 is 1.25 bits per heavy atom. The van der Waals surface area contributed by atoms with Crippen molar-refractivity contribution in [2.45, 2.75) is 134 Å². The van der Waals surface area contributed by atoms with Gasteiger partial charge in [0.1, 0.15) is 0 Å². The van der Waals surface area contributed by atoms with Gasteiger partial charge in [-0.2, -0.15) is 0 Å². The average molecular weight is 429 g/mol. The minimum absolute atomic E-state index is 0. The summed E-state index contributed by atoms with van der Waals surface area (Å²) >= 11 is 0. The summed E-state index contributed by atoms with van der Waals surface area (Å²) in [5.41, 5.74) is 0. The first kappa shape index (κ1) is 31.1. The van der Waals surface area contributed by atoms with Gasteiger partial charge in [-0.15, -0.1) is 0 Å². The fraction of sp³-hybridized carbons (Fsp3) is 1.00. The Morgan fingerprint density at radius 1 is 0.643 bits per heavy atom.